The average molecular weight is 339 g/mol. The minimum Gasteiger partial charge on any atom is -0.405 e. The van der Waals surface area contributed by atoms with Crippen molar-refractivity contribution in [2.45, 2.75) is 29.6 Å². The third-order valence-corrected chi connectivity index (χ3v) is 3.25. The molecule has 0 atom stereocenters. The molecule has 0 heterocycles. The van der Waals surface area contributed by atoms with Crippen molar-refractivity contribution in [1.29, 1.82) is 0 Å². The smallest absolute Gasteiger partial charge is 0.405 e. The Balaban J connectivity index is 3.14. The molecule has 0 spiro atoms. The van der Waals surface area contributed by atoms with Crippen LogP contribution in [0.15, 0.2) is 23.1 Å². The quantitative estimate of drug-likeness (QED) is 0.405. The summed E-state index contributed by atoms with van der Waals surface area (Å²) in [7, 11) is 0. The number of alkyl halides is 7. The number of rotatable bonds is 5. The molecule has 0 aromatic heterocycles. The van der Waals surface area contributed by atoms with Crippen LogP contribution in [0.2, 0.25) is 0 Å². The van der Waals surface area contributed by atoms with Crippen LogP contribution in [0, 0.1) is 0 Å². The molecule has 0 aliphatic heterocycles. The number of ether oxygens (including phenoxy) is 1. The minimum atomic E-state index is -5.05. The zero-order chi connectivity index (χ0) is 15.4. The first kappa shape index (κ1) is 17.3. The molecule has 0 radical (unpaired) electrons. The SMILES string of the molecule is FC(F)(F)Oc1cccc(CCCCl)c1SC(F)(F)F. The van der Waals surface area contributed by atoms with Gasteiger partial charge in [-0.25, -0.2) is 0 Å². The van der Waals surface area contributed by atoms with Crippen molar-refractivity contribution in [2.24, 2.45) is 0 Å². The molecular weight excluding hydrogens is 330 g/mol. The highest BCUT2D eigenvalue weighted by Gasteiger charge is 2.36. The van der Waals surface area contributed by atoms with E-state index in [1.807, 2.05) is 0 Å². The Morgan fingerprint density at radius 3 is 2.25 bits per heavy atom. The Labute approximate surface area is 120 Å². The summed E-state index contributed by atoms with van der Waals surface area (Å²) in [5.74, 6) is -0.660. The summed E-state index contributed by atoms with van der Waals surface area (Å²) in [5.41, 5.74) is -4.59. The molecule has 9 heteroatoms. The number of aryl methyl sites for hydroxylation is 1. The van der Waals surface area contributed by atoms with Crippen LogP contribution in [0.1, 0.15) is 12.0 Å². The molecule has 1 rings (SSSR count). The van der Waals surface area contributed by atoms with Crippen molar-refractivity contribution in [3.05, 3.63) is 23.8 Å². The predicted octanol–water partition coefficient (Wildman–Crippen LogP) is 5.37. The number of halogens is 7. The lowest BCUT2D eigenvalue weighted by molar-refractivity contribution is -0.275. The van der Waals surface area contributed by atoms with Gasteiger partial charge in [-0.1, -0.05) is 12.1 Å². The molecule has 0 unspecified atom stereocenters. The molecule has 1 aromatic rings. The van der Waals surface area contributed by atoms with E-state index < -0.39 is 34.3 Å². The molecule has 1 nitrogen and oxygen atoms in total. The standard InChI is InChI=1S/C11H9ClF6OS/c12-6-2-4-7-3-1-5-8(19-10(13,14)15)9(7)20-11(16,17)18/h1,3,5H,2,4,6H2. The van der Waals surface area contributed by atoms with E-state index in [0.717, 1.165) is 6.07 Å². The summed E-state index contributed by atoms with van der Waals surface area (Å²) in [5, 5.41) is 0. The summed E-state index contributed by atoms with van der Waals surface area (Å²) in [6.45, 7) is 0. The second kappa shape index (κ2) is 6.80. The fraction of sp³-hybridized carbons (Fsp3) is 0.455. The van der Waals surface area contributed by atoms with E-state index in [1.54, 1.807) is 0 Å². The van der Waals surface area contributed by atoms with Crippen LogP contribution in [0.25, 0.3) is 0 Å². The van der Waals surface area contributed by atoms with Crippen molar-refractivity contribution in [3.8, 4) is 5.75 Å². The van der Waals surface area contributed by atoms with Gasteiger partial charge in [0, 0.05) is 5.88 Å². The molecule has 0 saturated heterocycles. The molecular formula is C11H9ClF6OS. The van der Waals surface area contributed by atoms with Gasteiger partial charge in [-0.2, -0.15) is 13.2 Å². The molecule has 0 bridgehead atoms. The molecule has 114 valence electrons. The first-order valence-corrected chi connectivity index (χ1v) is 6.67. The van der Waals surface area contributed by atoms with Gasteiger partial charge in [-0.15, -0.1) is 24.8 Å². The molecule has 0 aliphatic carbocycles. The second-order valence-electron chi connectivity index (χ2n) is 3.63. The van der Waals surface area contributed by atoms with Gasteiger partial charge in [0.2, 0.25) is 0 Å². The van der Waals surface area contributed by atoms with Crippen LogP contribution in [0.4, 0.5) is 26.3 Å². The minimum absolute atomic E-state index is 0.120. The molecule has 0 saturated carbocycles. The normalized spacial score (nSPS) is 12.6. The highest BCUT2D eigenvalue weighted by Crippen LogP contribution is 2.44. The topological polar surface area (TPSA) is 9.23 Å². The first-order chi connectivity index (χ1) is 9.12. The van der Waals surface area contributed by atoms with E-state index in [0.29, 0.717) is 6.42 Å². The zero-order valence-electron chi connectivity index (χ0n) is 9.82. The lowest BCUT2D eigenvalue weighted by Crippen LogP contribution is -2.18. The maximum absolute atomic E-state index is 12.5. The van der Waals surface area contributed by atoms with E-state index in [-0.39, 0.29) is 17.9 Å². The fourth-order valence-electron chi connectivity index (χ4n) is 1.45. The van der Waals surface area contributed by atoms with Crippen molar-refractivity contribution < 1.29 is 31.1 Å². The molecule has 0 fully saturated rings. The van der Waals surface area contributed by atoms with Crippen molar-refractivity contribution in [3.63, 3.8) is 0 Å². The van der Waals surface area contributed by atoms with E-state index in [9.17, 15) is 26.3 Å². The number of thioether (sulfide) groups is 1. The maximum Gasteiger partial charge on any atom is 0.573 e. The lowest BCUT2D eigenvalue weighted by Gasteiger charge is -2.17. The Morgan fingerprint density at radius 1 is 1.10 bits per heavy atom. The van der Waals surface area contributed by atoms with Crippen molar-refractivity contribution in [1.82, 2.24) is 0 Å². The fourth-order valence-corrected chi connectivity index (χ4v) is 2.33. The summed E-state index contributed by atoms with van der Waals surface area (Å²) in [6, 6.07) is 3.39. The molecule has 0 N–H and O–H groups in total. The third-order valence-electron chi connectivity index (χ3n) is 2.08. The Bertz CT molecular complexity index is 446. The largest absolute Gasteiger partial charge is 0.573 e. The van der Waals surface area contributed by atoms with Gasteiger partial charge in [0.15, 0.2) is 0 Å². The second-order valence-corrected chi connectivity index (χ2v) is 5.09. The van der Waals surface area contributed by atoms with Crippen molar-refractivity contribution >= 4 is 23.4 Å². The van der Waals surface area contributed by atoms with Crippen LogP contribution in [0.3, 0.4) is 0 Å². The number of benzene rings is 1. The van der Waals surface area contributed by atoms with Gasteiger partial charge < -0.3 is 4.74 Å². The first-order valence-electron chi connectivity index (χ1n) is 5.32. The third kappa shape index (κ3) is 6.13. The average Bonchev–Trinajstić information content (AvgIpc) is 2.26. The van der Waals surface area contributed by atoms with E-state index >= 15 is 0 Å². The van der Waals surface area contributed by atoms with Crippen LogP contribution < -0.4 is 4.74 Å². The monoisotopic (exact) mass is 338 g/mol. The van der Waals surface area contributed by atoms with Crippen LogP contribution in [-0.2, 0) is 6.42 Å². The maximum atomic E-state index is 12.5. The van der Waals surface area contributed by atoms with Gasteiger partial charge in [0.25, 0.3) is 0 Å². The number of hydrogen-bond donors (Lipinski definition) is 0. The van der Waals surface area contributed by atoms with Crippen LogP contribution in [0.5, 0.6) is 5.75 Å². The van der Waals surface area contributed by atoms with Gasteiger partial charge in [-0.3, -0.25) is 0 Å². The summed E-state index contributed by atoms with van der Waals surface area (Å²) < 4.78 is 77.6. The predicted molar refractivity (Wildman–Crippen MR) is 64.1 cm³/mol. The highest BCUT2D eigenvalue weighted by molar-refractivity contribution is 8.00. The van der Waals surface area contributed by atoms with Crippen molar-refractivity contribution in [2.75, 3.05) is 5.88 Å². The summed E-state index contributed by atoms with van der Waals surface area (Å²) >= 11 is 4.82. The Kier molecular flexibility index (Phi) is 5.88. The Morgan fingerprint density at radius 2 is 1.75 bits per heavy atom. The van der Waals surface area contributed by atoms with Gasteiger partial charge in [0.05, 0.1) is 4.90 Å². The molecule has 1 aromatic carbocycles. The summed E-state index contributed by atoms with van der Waals surface area (Å²) in [6.07, 6.45) is -4.56. The Hall–Kier alpha value is -0.760. The molecule has 0 amide bonds. The van der Waals surface area contributed by atoms with Gasteiger partial charge in [0.1, 0.15) is 5.75 Å². The molecule has 0 aliphatic rings. The van der Waals surface area contributed by atoms with Gasteiger partial charge >= 0.3 is 11.9 Å². The molecule has 20 heavy (non-hydrogen) atoms. The van der Waals surface area contributed by atoms with Crippen LogP contribution >= 0.6 is 23.4 Å². The zero-order valence-corrected chi connectivity index (χ0v) is 11.4. The van der Waals surface area contributed by atoms with E-state index in [2.05, 4.69) is 4.74 Å². The lowest BCUT2D eigenvalue weighted by atomic mass is 10.1. The van der Waals surface area contributed by atoms with Crippen LogP contribution in [-0.4, -0.2) is 17.8 Å². The van der Waals surface area contributed by atoms with Gasteiger partial charge in [-0.05, 0) is 36.2 Å². The summed E-state index contributed by atoms with van der Waals surface area (Å²) in [4.78, 5) is -0.581. The number of hydrogen-bond acceptors (Lipinski definition) is 2. The van der Waals surface area contributed by atoms with E-state index in [4.69, 9.17) is 11.6 Å². The van der Waals surface area contributed by atoms with E-state index in [1.165, 1.54) is 12.1 Å². The highest BCUT2D eigenvalue weighted by atomic mass is 35.5.